The number of ether oxygens (including phenoxy) is 2. The standard InChI is InChI=1S/C23H30O4/c1-13(2)22(7)20-9-8-14(3)12-23(20,22)21-18(26-16(5)24)10-15(4)11-19(21)27-17(6)25/h10-13,20H,8-9H2,1-7H3/t20-,22+,23+/m1/s1. The molecule has 1 fully saturated rings. The molecule has 1 saturated carbocycles. The summed E-state index contributed by atoms with van der Waals surface area (Å²) < 4.78 is 11.3. The maximum Gasteiger partial charge on any atom is 0.308 e. The molecule has 3 atom stereocenters. The van der Waals surface area contributed by atoms with E-state index in [1.165, 1.54) is 19.4 Å². The molecule has 0 heterocycles. The average Bonchev–Trinajstić information content (AvgIpc) is 3.05. The number of benzene rings is 1. The summed E-state index contributed by atoms with van der Waals surface area (Å²) >= 11 is 0. The van der Waals surface area contributed by atoms with Crippen molar-refractivity contribution >= 4 is 11.9 Å². The molecule has 2 aliphatic rings. The van der Waals surface area contributed by atoms with Gasteiger partial charge in [0.1, 0.15) is 11.5 Å². The predicted octanol–water partition coefficient (Wildman–Crippen LogP) is 5.12. The Balaban J connectivity index is 2.32. The molecule has 4 heteroatoms. The molecule has 1 aromatic rings. The molecular weight excluding hydrogens is 340 g/mol. The van der Waals surface area contributed by atoms with Crippen LogP contribution in [-0.2, 0) is 15.0 Å². The third-order valence-electron chi connectivity index (χ3n) is 6.71. The Bertz CT molecular complexity index is 798. The van der Waals surface area contributed by atoms with E-state index in [9.17, 15) is 9.59 Å². The number of rotatable bonds is 4. The minimum Gasteiger partial charge on any atom is -0.426 e. The Hall–Kier alpha value is -2.10. The SMILES string of the molecule is CC(=O)Oc1cc(C)cc(OC(C)=O)c1[C@]12C=C(C)CC[C@@H]1[C@]2(C)C(C)C. The van der Waals surface area contributed by atoms with Gasteiger partial charge < -0.3 is 9.47 Å². The summed E-state index contributed by atoms with van der Waals surface area (Å²) in [6.45, 7) is 13.7. The van der Waals surface area contributed by atoms with E-state index in [4.69, 9.17) is 9.47 Å². The van der Waals surface area contributed by atoms with Crippen LogP contribution in [0.25, 0.3) is 0 Å². The first-order valence-corrected chi connectivity index (χ1v) is 9.74. The number of aryl methyl sites for hydroxylation is 1. The van der Waals surface area contributed by atoms with Crippen LogP contribution in [0, 0.1) is 24.2 Å². The van der Waals surface area contributed by atoms with Gasteiger partial charge in [0.15, 0.2) is 0 Å². The molecule has 27 heavy (non-hydrogen) atoms. The van der Waals surface area contributed by atoms with Crippen LogP contribution in [0.3, 0.4) is 0 Å². The van der Waals surface area contributed by atoms with Crippen molar-refractivity contribution in [2.75, 3.05) is 0 Å². The smallest absolute Gasteiger partial charge is 0.308 e. The summed E-state index contributed by atoms with van der Waals surface area (Å²) in [6, 6.07) is 3.76. The molecule has 0 radical (unpaired) electrons. The molecular formula is C23H30O4. The number of carbonyl (C=O) groups excluding carboxylic acids is 2. The first kappa shape index (κ1) is 19.7. The Kier molecular flexibility index (Phi) is 4.73. The number of allylic oxidation sites excluding steroid dienone is 2. The summed E-state index contributed by atoms with van der Waals surface area (Å²) in [5, 5.41) is 0. The van der Waals surface area contributed by atoms with E-state index in [0.717, 1.165) is 24.0 Å². The molecule has 0 saturated heterocycles. The number of hydrogen-bond donors (Lipinski definition) is 0. The second kappa shape index (κ2) is 6.50. The first-order chi connectivity index (χ1) is 12.5. The second-order valence-corrected chi connectivity index (χ2v) is 8.71. The third kappa shape index (κ3) is 2.90. The Morgan fingerprint density at radius 1 is 1.07 bits per heavy atom. The minimum atomic E-state index is -0.369. The molecule has 0 N–H and O–H groups in total. The Morgan fingerprint density at radius 3 is 2.04 bits per heavy atom. The van der Waals surface area contributed by atoms with E-state index in [1.54, 1.807) is 0 Å². The van der Waals surface area contributed by atoms with Gasteiger partial charge in [-0.25, -0.2) is 0 Å². The molecule has 0 spiro atoms. The fourth-order valence-corrected chi connectivity index (χ4v) is 5.38. The highest BCUT2D eigenvalue weighted by atomic mass is 16.5. The molecule has 0 aromatic heterocycles. The first-order valence-electron chi connectivity index (χ1n) is 9.74. The molecule has 0 amide bonds. The van der Waals surface area contributed by atoms with Crippen LogP contribution in [0.1, 0.15) is 65.5 Å². The molecule has 2 aliphatic carbocycles. The highest BCUT2D eigenvalue weighted by Crippen LogP contribution is 2.78. The lowest BCUT2D eigenvalue weighted by molar-refractivity contribution is -0.132. The molecule has 146 valence electrons. The molecule has 4 nitrogen and oxygen atoms in total. The second-order valence-electron chi connectivity index (χ2n) is 8.71. The number of fused-ring (bicyclic) bond motifs is 1. The topological polar surface area (TPSA) is 52.6 Å². The van der Waals surface area contributed by atoms with Gasteiger partial charge in [0.25, 0.3) is 0 Å². The highest BCUT2D eigenvalue weighted by Gasteiger charge is 2.75. The zero-order valence-corrected chi connectivity index (χ0v) is 17.4. The lowest BCUT2D eigenvalue weighted by Gasteiger charge is -2.28. The largest absolute Gasteiger partial charge is 0.426 e. The van der Waals surface area contributed by atoms with Crippen molar-refractivity contribution in [3.05, 3.63) is 34.9 Å². The summed E-state index contributed by atoms with van der Waals surface area (Å²) in [5.74, 6) is 1.15. The van der Waals surface area contributed by atoms with E-state index >= 15 is 0 Å². The van der Waals surface area contributed by atoms with Crippen molar-refractivity contribution in [2.24, 2.45) is 17.3 Å². The van der Waals surface area contributed by atoms with Crippen LogP contribution >= 0.6 is 0 Å². The quantitative estimate of drug-likeness (QED) is 0.419. The van der Waals surface area contributed by atoms with E-state index in [1.807, 2.05) is 19.1 Å². The van der Waals surface area contributed by atoms with Crippen molar-refractivity contribution in [1.29, 1.82) is 0 Å². The molecule has 3 rings (SSSR count). The highest BCUT2D eigenvalue weighted by molar-refractivity contribution is 5.75. The fraction of sp³-hybridized carbons (Fsp3) is 0.565. The van der Waals surface area contributed by atoms with Gasteiger partial charge in [-0.2, -0.15) is 0 Å². The average molecular weight is 370 g/mol. The van der Waals surface area contributed by atoms with Gasteiger partial charge >= 0.3 is 11.9 Å². The predicted molar refractivity (Wildman–Crippen MR) is 105 cm³/mol. The lowest BCUT2D eigenvalue weighted by atomic mass is 9.78. The summed E-state index contributed by atoms with van der Waals surface area (Å²) in [6.07, 6.45) is 4.50. The zero-order chi connectivity index (χ0) is 20.1. The van der Waals surface area contributed by atoms with Gasteiger partial charge in [-0.3, -0.25) is 9.59 Å². The van der Waals surface area contributed by atoms with Crippen LogP contribution in [0.4, 0.5) is 0 Å². The Labute approximate surface area is 161 Å². The van der Waals surface area contributed by atoms with Gasteiger partial charge in [-0.1, -0.05) is 32.4 Å². The van der Waals surface area contributed by atoms with Crippen LogP contribution in [0.15, 0.2) is 23.8 Å². The third-order valence-corrected chi connectivity index (χ3v) is 6.71. The van der Waals surface area contributed by atoms with Crippen LogP contribution in [0.2, 0.25) is 0 Å². The number of hydrogen-bond acceptors (Lipinski definition) is 4. The summed E-state index contributed by atoms with van der Waals surface area (Å²) in [4.78, 5) is 23.7. The van der Waals surface area contributed by atoms with Gasteiger partial charge in [0.2, 0.25) is 0 Å². The summed E-state index contributed by atoms with van der Waals surface area (Å²) in [7, 11) is 0. The van der Waals surface area contributed by atoms with E-state index in [0.29, 0.717) is 23.3 Å². The van der Waals surface area contributed by atoms with Crippen LogP contribution in [-0.4, -0.2) is 11.9 Å². The normalized spacial score (nSPS) is 29.0. The van der Waals surface area contributed by atoms with Gasteiger partial charge in [0.05, 0.1) is 0 Å². The van der Waals surface area contributed by atoms with Crippen LogP contribution < -0.4 is 9.47 Å². The molecule has 0 bridgehead atoms. The van der Waals surface area contributed by atoms with Crippen molar-refractivity contribution in [1.82, 2.24) is 0 Å². The molecule has 1 aromatic carbocycles. The van der Waals surface area contributed by atoms with E-state index in [-0.39, 0.29) is 22.8 Å². The maximum atomic E-state index is 11.8. The van der Waals surface area contributed by atoms with Crippen molar-refractivity contribution in [3.8, 4) is 11.5 Å². The van der Waals surface area contributed by atoms with Crippen LogP contribution in [0.5, 0.6) is 11.5 Å². The van der Waals surface area contributed by atoms with Gasteiger partial charge in [0, 0.05) is 24.8 Å². The maximum absolute atomic E-state index is 11.8. The minimum absolute atomic E-state index is 0.0177. The number of carbonyl (C=O) groups is 2. The molecule has 0 unspecified atom stereocenters. The van der Waals surface area contributed by atoms with Crippen molar-refractivity contribution in [2.45, 2.75) is 66.7 Å². The van der Waals surface area contributed by atoms with Gasteiger partial charge in [-0.15, -0.1) is 0 Å². The van der Waals surface area contributed by atoms with E-state index < -0.39 is 0 Å². The summed E-state index contributed by atoms with van der Waals surface area (Å²) in [5.41, 5.74) is 2.80. The number of esters is 2. The lowest BCUT2D eigenvalue weighted by Crippen LogP contribution is -2.23. The fourth-order valence-electron chi connectivity index (χ4n) is 5.38. The zero-order valence-electron chi connectivity index (χ0n) is 17.4. The molecule has 0 aliphatic heterocycles. The van der Waals surface area contributed by atoms with E-state index in [2.05, 4.69) is 33.8 Å². The van der Waals surface area contributed by atoms with Crippen molar-refractivity contribution in [3.63, 3.8) is 0 Å². The van der Waals surface area contributed by atoms with Crippen molar-refractivity contribution < 1.29 is 19.1 Å². The Morgan fingerprint density at radius 2 is 1.59 bits per heavy atom. The van der Waals surface area contributed by atoms with Gasteiger partial charge in [-0.05, 0) is 61.6 Å². The monoisotopic (exact) mass is 370 g/mol.